The zero-order valence-corrected chi connectivity index (χ0v) is 15.1. The number of benzene rings is 3. The monoisotopic (exact) mass is 376 g/mol. The van der Waals surface area contributed by atoms with Crippen LogP contribution < -0.4 is 10.6 Å². The summed E-state index contributed by atoms with van der Waals surface area (Å²) in [6, 6.07) is 16.0. The van der Waals surface area contributed by atoms with Crippen LogP contribution in [0.15, 0.2) is 54.6 Å². The summed E-state index contributed by atoms with van der Waals surface area (Å²) in [6.45, 7) is 0. The molecule has 1 aliphatic heterocycles. The lowest BCUT2D eigenvalue weighted by Gasteiger charge is -2.19. The quantitative estimate of drug-likeness (QED) is 0.596. The number of nitrogens with one attached hydrogen (secondary N) is 2. The van der Waals surface area contributed by atoms with Crippen LogP contribution in [-0.4, -0.2) is 35.0 Å². The van der Waals surface area contributed by atoms with Crippen LogP contribution in [0.3, 0.4) is 0 Å². The van der Waals surface area contributed by atoms with E-state index < -0.39 is 24.0 Å². The number of rotatable bonds is 5. The minimum absolute atomic E-state index is 0.156. The molecule has 0 aliphatic carbocycles. The van der Waals surface area contributed by atoms with E-state index in [9.17, 15) is 19.5 Å². The molecule has 1 saturated heterocycles. The largest absolute Gasteiger partial charge is 0.480 e. The summed E-state index contributed by atoms with van der Waals surface area (Å²) in [4.78, 5) is 35.7. The van der Waals surface area contributed by atoms with Crippen LogP contribution in [0.5, 0.6) is 0 Å². The molecule has 3 N–H and O–H groups in total. The van der Waals surface area contributed by atoms with E-state index in [1.165, 1.54) is 0 Å². The summed E-state index contributed by atoms with van der Waals surface area (Å²) in [7, 11) is 0. The Labute approximate surface area is 161 Å². The lowest BCUT2D eigenvalue weighted by atomic mass is 9.92. The van der Waals surface area contributed by atoms with Crippen LogP contribution in [0, 0.1) is 0 Å². The minimum Gasteiger partial charge on any atom is -0.480 e. The first kappa shape index (κ1) is 18.0. The second-order valence-electron chi connectivity index (χ2n) is 7.06. The van der Waals surface area contributed by atoms with Gasteiger partial charge in [-0.3, -0.25) is 9.59 Å². The lowest BCUT2D eigenvalue weighted by molar-refractivity contribution is -0.142. The van der Waals surface area contributed by atoms with E-state index in [1.807, 2.05) is 48.5 Å². The molecule has 6 heteroatoms. The van der Waals surface area contributed by atoms with Crippen LogP contribution >= 0.6 is 0 Å². The third-order valence-electron chi connectivity index (χ3n) is 5.22. The molecule has 2 amide bonds. The van der Waals surface area contributed by atoms with Gasteiger partial charge in [-0.05, 0) is 39.6 Å². The van der Waals surface area contributed by atoms with Gasteiger partial charge < -0.3 is 15.7 Å². The first-order chi connectivity index (χ1) is 13.5. The van der Waals surface area contributed by atoms with Gasteiger partial charge in [-0.15, -0.1) is 0 Å². The number of carbonyl (C=O) groups excluding carboxylic acids is 2. The zero-order valence-electron chi connectivity index (χ0n) is 15.1. The van der Waals surface area contributed by atoms with Crippen molar-refractivity contribution in [2.75, 3.05) is 0 Å². The van der Waals surface area contributed by atoms with Crippen molar-refractivity contribution in [3.63, 3.8) is 0 Å². The molecular formula is C22H20N2O4. The predicted molar refractivity (Wildman–Crippen MR) is 106 cm³/mol. The molecule has 4 rings (SSSR count). The van der Waals surface area contributed by atoms with Crippen molar-refractivity contribution in [3.8, 4) is 0 Å². The van der Waals surface area contributed by atoms with Gasteiger partial charge in [0.2, 0.25) is 11.8 Å². The van der Waals surface area contributed by atoms with Crippen LogP contribution in [-0.2, 0) is 20.8 Å². The van der Waals surface area contributed by atoms with Crippen molar-refractivity contribution in [2.24, 2.45) is 0 Å². The standard InChI is InChI=1S/C22H20N2O4/c25-20-10-9-18(23-20)21(26)24-19(22(27)28)12-17-15-7-3-1-5-13(15)11-14-6-2-4-8-16(14)17/h1-8,11,18-19H,9-10,12H2,(H,23,25)(H,24,26)(H,27,28)/t18-,19+/m1/s1. The van der Waals surface area contributed by atoms with Crippen LogP contribution in [0.2, 0.25) is 0 Å². The zero-order chi connectivity index (χ0) is 19.7. The van der Waals surface area contributed by atoms with E-state index in [0.29, 0.717) is 6.42 Å². The predicted octanol–water partition coefficient (Wildman–Crippen LogP) is 2.38. The van der Waals surface area contributed by atoms with Gasteiger partial charge in [0.05, 0.1) is 0 Å². The fourth-order valence-corrected chi connectivity index (χ4v) is 3.82. The van der Waals surface area contributed by atoms with Crippen LogP contribution in [0.1, 0.15) is 18.4 Å². The van der Waals surface area contributed by atoms with E-state index in [2.05, 4.69) is 16.7 Å². The molecule has 0 saturated carbocycles. The number of carbonyl (C=O) groups is 3. The molecule has 1 fully saturated rings. The highest BCUT2D eigenvalue weighted by Crippen LogP contribution is 2.29. The third-order valence-corrected chi connectivity index (χ3v) is 5.22. The van der Waals surface area contributed by atoms with Gasteiger partial charge in [0.1, 0.15) is 12.1 Å². The van der Waals surface area contributed by atoms with Crippen molar-refractivity contribution in [2.45, 2.75) is 31.3 Å². The Balaban J connectivity index is 1.70. The molecule has 2 atom stereocenters. The summed E-state index contributed by atoms with van der Waals surface area (Å²) in [5.74, 6) is -1.75. The highest BCUT2D eigenvalue weighted by Gasteiger charge is 2.31. The first-order valence-corrected chi connectivity index (χ1v) is 9.25. The Kier molecular flexibility index (Phi) is 4.69. The molecule has 0 bridgehead atoms. The molecular weight excluding hydrogens is 356 g/mol. The molecule has 28 heavy (non-hydrogen) atoms. The van der Waals surface area contributed by atoms with Crippen molar-refractivity contribution in [1.29, 1.82) is 0 Å². The highest BCUT2D eigenvalue weighted by molar-refractivity contribution is 6.03. The van der Waals surface area contributed by atoms with Crippen molar-refractivity contribution >= 4 is 39.3 Å². The van der Waals surface area contributed by atoms with E-state index >= 15 is 0 Å². The Hall–Kier alpha value is -3.41. The number of carboxylic acid groups (broad SMARTS) is 1. The summed E-state index contributed by atoms with van der Waals surface area (Å²) < 4.78 is 0. The maximum Gasteiger partial charge on any atom is 0.326 e. The van der Waals surface area contributed by atoms with Gasteiger partial charge >= 0.3 is 5.97 Å². The molecule has 3 aromatic rings. The maximum atomic E-state index is 12.4. The molecule has 1 aliphatic rings. The average molecular weight is 376 g/mol. The summed E-state index contributed by atoms with van der Waals surface area (Å²) in [5, 5.41) is 18.9. The first-order valence-electron chi connectivity index (χ1n) is 9.25. The highest BCUT2D eigenvalue weighted by atomic mass is 16.4. The Morgan fingerprint density at radius 3 is 2.21 bits per heavy atom. The Morgan fingerprint density at radius 2 is 1.68 bits per heavy atom. The average Bonchev–Trinajstić information content (AvgIpc) is 3.13. The second-order valence-corrected chi connectivity index (χ2v) is 7.06. The summed E-state index contributed by atoms with van der Waals surface area (Å²) >= 11 is 0. The molecule has 3 aromatic carbocycles. The molecule has 0 spiro atoms. The van der Waals surface area contributed by atoms with Crippen molar-refractivity contribution in [3.05, 3.63) is 60.2 Å². The van der Waals surface area contributed by atoms with Crippen LogP contribution in [0.25, 0.3) is 21.5 Å². The number of amides is 2. The summed E-state index contributed by atoms with van der Waals surface area (Å²) in [5.41, 5.74) is 0.886. The molecule has 0 radical (unpaired) electrons. The molecule has 0 aromatic heterocycles. The topological polar surface area (TPSA) is 95.5 Å². The summed E-state index contributed by atoms with van der Waals surface area (Å²) in [6.07, 6.45) is 0.821. The molecule has 142 valence electrons. The number of fused-ring (bicyclic) bond motifs is 2. The SMILES string of the molecule is O=C1CC[C@H](C(=O)N[C@@H](Cc2c3ccccc3cc3ccccc23)C(=O)O)N1. The van der Waals surface area contributed by atoms with E-state index in [1.54, 1.807) is 0 Å². The minimum atomic E-state index is -1.10. The van der Waals surface area contributed by atoms with E-state index in [0.717, 1.165) is 27.1 Å². The number of hydrogen-bond acceptors (Lipinski definition) is 3. The van der Waals surface area contributed by atoms with Crippen molar-refractivity contribution in [1.82, 2.24) is 10.6 Å². The third kappa shape index (κ3) is 3.41. The fraction of sp³-hybridized carbons (Fsp3) is 0.227. The van der Waals surface area contributed by atoms with E-state index in [4.69, 9.17) is 0 Å². The fourth-order valence-electron chi connectivity index (χ4n) is 3.82. The van der Waals surface area contributed by atoms with Gasteiger partial charge in [0, 0.05) is 12.8 Å². The van der Waals surface area contributed by atoms with Crippen LogP contribution in [0.4, 0.5) is 0 Å². The second kappa shape index (κ2) is 7.31. The van der Waals surface area contributed by atoms with E-state index in [-0.39, 0.29) is 18.7 Å². The normalized spacial score (nSPS) is 17.4. The van der Waals surface area contributed by atoms with Gasteiger partial charge in [0.15, 0.2) is 0 Å². The Morgan fingerprint density at radius 1 is 1.07 bits per heavy atom. The van der Waals surface area contributed by atoms with Gasteiger partial charge in [-0.1, -0.05) is 48.5 Å². The molecule has 1 heterocycles. The molecule has 0 unspecified atom stereocenters. The smallest absolute Gasteiger partial charge is 0.326 e. The van der Waals surface area contributed by atoms with Gasteiger partial charge in [0.25, 0.3) is 0 Å². The maximum absolute atomic E-state index is 12.4. The van der Waals surface area contributed by atoms with Gasteiger partial charge in [-0.25, -0.2) is 4.79 Å². The number of aliphatic carboxylic acids is 1. The molecule has 6 nitrogen and oxygen atoms in total. The lowest BCUT2D eigenvalue weighted by Crippen LogP contribution is -2.49. The van der Waals surface area contributed by atoms with Gasteiger partial charge in [-0.2, -0.15) is 0 Å². The number of carboxylic acids is 1. The Bertz CT molecular complexity index is 1040. The van der Waals surface area contributed by atoms with Crippen molar-refractivity contribution < 1.29 is 19.5 Å². The number of hydrogen-bond donors (Lipinski definition) is 3.